The monoisotopic (exact) mass is 541 g/mol. The van der Waals surface area contributed by atoms with Crippen molar-refractivity contribution in [1.29, 1.82) is 0 Å². The van der Waals surface area contributed by atoms with E-state index in [9.17, 15) is 9.59 Å². The lowest BCUT2D eigenvalue weighted by Crippen LogP contribution is -2.27. The highest BCUT2D eigenvalue weighted by molar-refractivity contribution is 7.99. The van der Waals surface area contributed by atoms with E-state index < -0.39 is 0 Å². The van der Waals surface area contributed by atoms with Crippen LogP contribution in [0.4, 0.5) is 5.69 Å². The zero-order valence-corrected chi connectivity index (χ0v) is 24.6. The minimum atomic E-state index is -0.207. The molecule has 0 fully saturated rings. The summed E-state index contributed by atoms with van der Waals surface area (Å²) in [5.41, 5.74) is 1.74. The van der Waals surface area contributed by atoms with Crippen molar-refractivity contribution in [3.8, 4) is 5.75 Å². The molecule has 0 bridgehead atoms. The molecule has 0 radical (unpaired) electrons. The second-order valence-electron chi connectivity index (χ2n) is 9.86. The van der Waals surface area contributed by atoms with Crippen molar-refractivity contribution < 1.29 is 14.3 Å². The van der Waals surface area contributed by atoms with E-state index in [4.69, 9.17) is 4.74 Å². The quantitative estimate of drug-likeness (QED) is 0.145. The van der Waals surface area contributed by atoms with Gasteiger partial charge in [0.1, 0.15) is 5.75 Å². The first kappa shape index (κ1) is 31.7. The number of carbonyl (C=O) groups excluding carboxylic acids is 2. The lowest BCUT2D eigenvalue weighted by atomic mass is 10.1. The van der Waals surface area contributed by atoms with Gasteiger partial charge < -0.3 is 20.3 Å². The van der Waals surface area contributed by atoms with Crippen LogP contribution in [0, 0.1) is 0 Å². The van der Waals surface area contributed by atoms with E-state index in [2.05, 4.69) is 29.4 Å². The fourth-order valence-electron chi connectivity index (χ4n) is 4.07. The van der Waals surface area contributed by atoms with Gasteiger partial charge in [0.05, 0.1) is 12.3 Å². The van der Waals surface area contributed by atoms with Gasteiger partial charge in [-0.15, -0.1) is 11.8 Å². The van der Waals surface area contributed by atoms with Crippen LogP contribution in [0.2, 0.25) is 0 Å². The lowest BCUT2D eigenvalue weighted by molar-refractivity contribution is 0.0950. The Bertz CT molecular complexity index is 963. The zero-order valence-electron chi connectivity index (χ0n) is 23.8. The van der Waals surface area contributed by atoms with Crippen LogP contribution < -0.4 is 15.4 Å². The van der Waals surface area contributed by atoms with Crippen molar-refractivity contribution in [3.63, 3.8) is 0 Å². The van der Waals surface area contributed by atoms with Crippen LogP contribution in [0.25, 0.3) is 0 Å². The van der Waals surface area contributed by atoms with E-state index in [1.54, 1.807) is 30.0 Å². The third kappa shape index (κ3) is 12.4. The predicted molar refractivity (Wildman–Crippen MR) is 161 cm³/mol. The molecule has 0 aliphatic carbocycles. The second-order valence-corrected chi connectivity index (χ2v) is 11.2. The highest BCUT2D eigenvalue weighted by Gasteiger charge is 2.13. The summed E-state index contributed by atoms with van der Waals surface area (Å²) in [7, 11) is 4.03. The number of thioether (sulfide) groups is 1. The molecule has 0 spiro atoms. The Kier molecular flexibility index (Phi) is 15.6. The molecule has 0 aliphatic rings. The Hall–Kier alpha value is -2.51. The molecule has 0 unspecified atom stereocenters. The molecule has 210 valence electrons. The van der Waals surface area contributed by atoms with E-state index >= 15 is 0 Å². The molecule has 0 heterocycles. The molecule has 2 rings (SSSR count). The molecule has 2 N–H and O–H groups in total. The molecule has 7 heteroatoms. The molecular formula is C31H47N3O3S. The minimum absolute atomic E-state index is 0.134. The summed E-state index contributed by atoms with van der Waals surface area (Å²) in [6, 6.07) is 12.7. The van der Waals surface area contributed by atoms with Crippen LogP contribution in [-0.2, 0) is 0 Å². The molecule has 0 aromatic heterocycles. The van der Waals surface area contributed by atoms with Gasteiger partial charge in [0, 0.05) is 22.6 Å². The van der Waals surface area contributed by atoms with Crippen LogP contribution >= 0.6 is 11.8 Å². The predicted octanol–water partition coefficient (Wildman–Crippen LogP) is 7.25. The van der Waals surface area contributed by atoms with Gasteiger partial charge in [-0.05, 0) is 81.7 Å². The van der Waals surface area contributed by atoms with Gasteiger partial charge in [-0.25, -0.2) is 0 Å². The first-order valence-electron chi connectivity index (χ1n) is 14.2. The van der Waals surface area contributed by atoms with E-state index in [0.29, 0.717) is 30.0 Å². The largest absolute Gasteiger partial charge is 0.494 e. The van der Waals surface area contributed by atoms with Crippen molar-refractivity contribution in [2.45, 2.75) is 76.5 Å². The van der Waals surface area contributed by atoms with E-state index in [1.165, 1.54) is 44.9 Å². The average molecular weight is 542 g/mol. The van der Waals surface area contributed by atoms with Gasteiger partial charge >= 0.3 is 0 Å². The second kappa shape index (κ2) is 18.7. The number of unbranched alkanes of at least 4 members (excludes halogenated alkanes) is 7. The number of hydrogen-bond acceptors (Lipinski definition) is 5. The molecule has 2 aromatic rings. The van der Waals surface area contributed by atoms with Gasteiger partial charge in [-0.2, -0.15) is 0 Å². The fraction of sp³-hybridized carbons (Fsp3) is 0.548. The van der Waals surface area contributed by atoms with Crippen molar-refractivity contribution in [1.82, 2.24) is 10.2 Å². The fourth-order valence-corrected chi connectivity index (χ4v) is 4.81. The number of anilines is 1. The summed E-state index contributed by atoms with van der Waals surface area (Å²) in [6.07, 6.45) is 11.0. The number of amides is 2. The first-order chi connectivity index (χ1) is 18.4. The Morgan fingerprint density at radius 2 is 1.47 bits per heavy atom. The third-order valence-corrected chi connectivity index (χ3v) is 7.20. The smallest absolute Gasteiger partial charge is 0.255 e. The molecule has 0 atom stereocenters. The van der Waals surface area contributed by atoms with Gasteiger partial charge in [-0.1, -0.05) is 58.8 Å². The van der Waals surface area contributed by atoms with Crippen molar-refractivity contribution in [2.24, 2.45) is 0 Å². The number of nitrogens with zero attached hydrogens (tertiary/aromatic N) is 1. The standard InChI is InChI=1S/C31H47N3O3S/c1-5-7-8-9-10-11-12-13-23-37-27-18-15-25(16-19-27)31(36)33-28-24-26(17-20-29(28)38-6-2)30(35)32-21-14-22-34(3)4/h15-20,24H,5-14,21-23H2,1-4H3,(H,32,35)(H,33,36). The Balaban J connectivity index is 1.87. The van der Waals surface area contributed by atoms with E-state index in [-0.39, 0.29) is 11.8 Å². The zero-order chi connectivity index (χ0) is 27.6. The molecule has 38 heavy (non-hydrogen) atoms. The molecular weight excluding hydrogens is 494 g/mol. The van der Waals surface area contributed by atoms with Crippen molar-refractivity contribution in [3.05, 3.63) is 53.6 Å². The van der Waals surface area contributed by atoms with Crippen molar-refractivity contribution >= 4 is 29.3 Å². The van der Waals surface area contributed by atoms with Crippen LogP contribution in [0.1, 0.15) is 92.4 Å². The summed E-state index contributed by atoms with van der Waals surface area (Å²) in [5.74, 6) is 1.30. The maximum absolute atomic E-state index is 13.0. The Morgan fingerprint density at radius 1 is 0.816 bits per heavy atom. The molecule has 0 aliphatic heterocycles. The number of nitrogens with one attached hydrogen (secondary N) is 2. The maximum Gasteiger partial charge on any atom is 0.255 e. The summed E-state index contributed by atoms with van der Waals surface area (Å²) in [4.78, 5) is 28.7. The number of benzene rings is 2. The topological polar surface area (TPSA) is 70.7 Å². The molecule has 2 amide bonds. The molecule has 6 nitrogen and oxygen atoms in total. The molecule has 0 saturated heterocycles. The number of rotatable bonds is 19. The van der Waals surface area contributed by atoms with Crippen LogP contribution in [0.15, 0.2) is 47.4 Å². The number of ether oxygens (including phenoxy) is 1. The highest BCUT2D eigenvalue weighted by atomic mass is 32.2. The molecule has 0 saturated carbocycles. The van der Waals surface area contributed by atoms with Gasteiger partial charge in [0.15, 0.2) is 0 Å². The normalized spacial score (nSPS) is 11.0. The maximum atomic E-state index is 13.0. The molecule has 2 aromatic carbocycles. The number of carbonyl (C=O) groups is 2. The van der Waals surface area contributed by atoms with Crippen molar-refractivity contribution in [2.75, 3.05) is 44.9 Å². The SMILES string of the molecule is CCCCCCCCCCOc1ccc(C(=O)Nc2cc(C(=O)NCCCN(C)C)ccc2SCC)cc1. The lowest BCUT2D eigenvalue weighted by Gasteiger charge is -2.14. The summed E-state index contributed by atoms with van der Waals surface area (Å²) >= 11 is 1.63. The van der Waals surface area contributed by atoms with Crippen LogP contribution in [0.5, 0.6) is 5.75 Å². The van der Waals surface area contributed by atoms with E-state index in [1.807, 2.05) is 38.4 Å². The van der Waals surface area contributed by atoms with Crippen LogP contribution in [0.3, 0.4) is 0 Å². The van der Waals surface area contributed by atoms with Gasteiger partial charge in [-0.3, -0.25) is 9.59 Å². The Labute approximate surface area is 234 Å². The van der Waals surface area contributed by atoms with E-state index in [0.717, 1.165) is 35.8 Å². The number of hydrogen-bond donors (Lipinski definition) is 2. The Morgan fingerprint density at radius 3 is 2.13 bits per heavy atom. The van der Waals surface area contributed by atoms with Crippen LogP contribution in [-0.4, -0.2) is 56.3 Å². The summed E-state index contributed by atoms with van der Waals surface area (Å²) < 4.78 is 5.87. The highest BCUT2D eigenvalue weighted by Crippen LogP contribution is 2.29. The first-order valence-corrected chi connectivity index (χ1v) is 15.2. The summed E-state index contributed by atoms with van der Waals surface area (Å²) in [5, 5.41) is 5.97. The van der Waals surface area contributed by atoms with Gasteiger partial charge in [0.25, 0.3) is 11.8 Å². The minimum Gasteiger partial charge on any atom is -0.494 e. The summed E-state index contributed by atoms with van der Waals surface area (Å²) in [6.45, 7) is 6.53. The average Bonchev–Trinajstić information content (AvgIpc) is 2.91. The third-order valence-electron chi connectivity index (χ3n) is 6.24. The van der Waals surface area contributed by atoms with Gasteiger partial charge in [0.2, 0.25) is 0 Å².